The lowest BCUT2D eigenvalue weighted by Gasteiger charge is -2.30. The summed E-state index contributed by atoms with van der Waals surface area (Å²) in [6.07, 6.45) is 0. The predicted molar refractivity (Wildman–Crippen MR) is 65.2 cm³/mol. The Kier molecular flexibility index (Phi) is 3.61. The number of aromatic nitrogens is 1. The Morgan fingerprint density at radius 1 is 1.47 bits per heavy atom. The first-order valence-electron chi connectivity index (χ1n) is 4.95. The SMILES string of the molecule is C[C@@H]1CNC[C@H](c2cc(Cl)nc(Br)c2)N1. The van der Waals surface area contributed by atoms with Crippen LogP contribution in [0.5, 0.6) is 0 Å². The van der Waals surface area contributed by atoms with E-state index in [0.29, 0.717) is 17.2 Å². The molecule has 2 heterocycles. The van der Waals surface area contributed by atoms with E-state index in [9.17, 15) is 0 Å². The normalized spacial score (nSPS) is 26.6. The van der Waals surface area contributed by atoms with Gasteiger partial charge >= 0.3 is 0 Å². The fraction of sp³-hybridized carbons (Fsp3) is 0.500. The Bertz CT molecular complexity index is 338. The summed E-state index contributed by atoms with van der Waals surface area (Å²) in [5.74, 6) is 0. The minimum Gasteiger partial charge on any atom is -0.313 e. The van der Waals surface area contributed by atoms with Crippen LogP contribution in [0, 0.1) is 0 Å². The molecule has 0 spiro atoms. The standard InChI is InChI=1S/C10H13BrClN3/c1-6-4-13-5-8(14-6)7-2-9(11)15-10(12)3-7/h2-3,6,8,13-14H,4-5H2,1H3/t6-,8-/m1/s1. The van der Waals surface area contributed by atoms with Crippen LogP contribution in [0.15, 0.2) is 16.7 Å². The molecule has 1 aliphatic heterocycles. The Balaban J connectivity index is 2.20. The van der Waals surface area contributed by atoms with Crippen LogP contribution in [0.4, 0.5) is 0 Å². The Morgan fingerprint density at radius 3 is 2.93 bits per heavy atom. The van der Waals surface area contributed by atoms with Gasteiger partial charge in [0.15, 0.2) is 0 Å². The van der Waals surface area contributed by atoms with Gasteiger partial charge in [-0.1, -0.05) is 11.6 Å². The van der Waals surface area contributed by atoms with Crippen molar-refractivity contribution in [1.82, 2.24) is 15.6 Å². The zero-order valence-corrected chi connectivity index (χ0v) is 10.8. The lowest BCUT2D eigenvalue weighted by atomic mass is 10.1. The second kappa shape index (κ2) is 4.78. The van der Waals surface area contributed by atoms with E-state index in [1.807, 2.05) is 12.1 Å². The van der Waals surface area contributed by atoms with Crippen molar-refractivity contribution in [3.05, 3.63) is 27.5 Å². The summed E-state index contributed by atoms with van der Waals surface area (Å²) in [5, 5.41) is 7.43. The lowest BCUT2D eigenvalue weighted by molar-refractivity contribution is 0.360. The Labute approximate surface area is 103 Å². The van der Waals surface area contributed by atoms with E-state index in [4.69, 9.17) is 11.6 Å². The second-order valence-corrected chi connectivity index (χ2v) is 5.02. The van der Waals surface area contributed by atoms with Gasteiger partial charge in [-0.2, -0.15) is 0 Å². The number of nitrogens with one attached hydrogen (secondary N) is 2. The third kappa shape index (κ3) is 2.91. The smallest absolute Gasteiger partial charge is 0.130 e. The van der Waals surface area contributed by atoms with Crippen molar-refractivity contribution in [3.63, 3.8) is 0 Å². The van der Waals surface area contributed by atoms with Gasteiger partial charge in [-0.3, -0.25) is 0 Å². The highest BCUT2D eigenvalue weighted by Gasteiger charge is 2.19. The van der Waals surface area contributed by atoms with Crippen molar-refractivity contribution >= 4 is 27.5 Å². The number of halogens is 2. The first-order chi connectivity index (χ1) is 7.15. The number of nitrogens with zero attached hydrogens (tertiary/aromatic N) is 1. The monoisotopic (exact) mass is 289 g/mol. The maximum absolute atomic E-state index is 5.92. The summed E-state index contributed by atoms with van der Waals surface area (Å²) in [6.45, 7) is 4.10. The van der Waals surface area contributed by atoms with Crippen LogP contribution in [-0.4, -0.2) is 24.1 Å². The maximum atomic E-state index is 5.92. The summed E-state index contributed by atoms with van der Waals surface area (Å²) in [7, 11) is 0. The van der Waals surface area contributed by atoms with Gasteiger partial charge in [-0.25, -0.2) is 4.98 Å². The highest BCUT2D eigenvalue weighted by molar-refractivity contribution is 9.10. The largest absolute Gasteiger partial charge is 0.313 e. The molecule has 2 N–H and O–H groups in total. The van der Waals surface area contributed by atoms with Crippen LogP contribution in [0.2, 0.25) is 5.15 Å². The highest BCUT2D eigenvalue weighted by Crippen LogP contribution is 2.21. The Morgan fingerprint density at radius 2 is 2.27 bits per heavy atom. The van der Waals surface area contributed by atoms with E-state index < -0.39 is 0 Å². The zero-order chi connectivity index (χ0) is 10.8. The lowest BCUT2D eigenvalue weighted by Crippen LogP contribution is -2.48. The van der Waals surface area contributed by atoms with Crippen molar-refractivity contribution in [2.75, 3.05) is 13.1 Å². The molecule has 0 unspecified atom stereocenters. The van der Waals surface area contributed by atoms with Crippen LogP contribution in [0.1, 0.15) is 18.5 Å². The van der Waals surface area contributed by atoms with Crippen LogP contribution >= 0.6 is 27.5 Å². The van der Waals surface area contributed by atoms with Crippen molar-refractivity contribution in [2.45, 2.75) is 19.0 Å². The minimum absolute atomic E-state index is 0.311. The Hall–Kier alpha value is -0.160. The van der Waals surface area contributed by atoms with Crippen molar-refractivity contribution in [2.24, 2.45) is 0 Å². The summed E-state index contributed by atoms with van der Waals surface area (Å²) in [6, 6.07) is 4.70. The molecule has 3 nitrogen and oxygen atoms in total. The fourth-order valence-corrected chi connectivity index (χ4v) is 2.58. The molecule has 0 aromatic carbocycles. The molecule has 5 heteroatoms. The average molecular weight is 291 g/mol. The van der Waals surface area contributed by atoms with Gasteiger partial charge in [0.05, 0.1) is 0 Å². The molecule has 1 aromatic rings. The maximum Gasteiger partial charge on any atom is 0.130 e. The number of pyridine rings is 1. The van der Waals surface area contributed by atoms with E-state index in [1.54, 1.807) is 0 Å². The van der Waals surface area contributed by atoms with Crippen molar-refractivity contribution in [1.29, 1.82) is 0 Å². The molecule has 1 saturated heterocycles. The molecule has 0 bridgehead atoms. The van der Waals surface area contributed by atoms with E-state index in [1.165, 1.54) is 5.56 Å². The van der Waals surface area contributed by atoms with Crippen LogP contribution in [-0.2, 0) is 0 Å². The van der Waals surface area contributed by atoms with Crippen LogP contribution in [0.3, 0.4) is 0 Å². The van der Waals surface area contributed by atoms with Crippen molar-refractivity contribution in [3.8, 4) is 0 Å². The molecular formula is C10H13BrClN3. The first kappa shape index (κ1) is 11.3. The van der Waals surface area contributed by atoms with Crippen LogP contribution in [0.25, 0.3) is 0 Å². The minimum atomic E-state index is 0.311. The van der Waals surface area contributed by atoms with E-state index in [2.05, 4.69) is 38.5 Å². The van der Waals surface area contributed by atoms with Crippen molar-refractivity contribution < 1.29 is 0 Å². The summed E-state index contributed by atoms with van der Waals surface area (Å²) < 4.78 is 0.782. The van der Waals surface area contributed by atoms with Gasteiger partial charge in [0, 0.05) is 25.2 Å². The van der Waals surface area contributed by atoms with Gasteiger partial charge in [-0.15, -0.1) is 0 Å². The number of rotatable bonds is 1. The van der Waals surface area contributed by atoms with Gasteiger partial charge in [-0.05, 0) is 40.5 Å². The highest BCUT2D eigenvalue weighted by atomic mass is 79.9. The molecule has 2 rings (SSSR count). The third-order valence-electron chi connectivity index (χ3n) is 2.47. The molecule has 1 aliphatic rings. The van der Waals surface area contributed by atoms with Gasteiger partial charge in [0.2, 0.25) is 0 Å². The summed E-state index contributed by atoms with van der Waals surface area (Å²) >= 11 is 9.27. The first-order valence-corrected chi connectivity index (χ1v) is 6.12. The predicted octanol–water partition coefficient (Wildman–Crippen LogP) is 2.12. The third-order valence-corrected chi connectivity index (χ3v) is 3.07. The quantitative estimate of drug-likeness (QED) is 0.778. The molecule has 0 amide bonds. The van der Waals surface area contributed by atoms with Gasteiger partial charge < -0.3 is 10.6 Å². The van der Waals surface area contributed by atoms with Gasteiger partial charge in [0.1, 0.15) is 9.76 Å². The molecule has 15 heavy (non-hydrogen) atoms. The van der Waals surface area contributed by atoms with Gasteiger partial charge in [0.25, 0.3) is 0 Å². The van der Waals surface area contributed by atoms with E-state index in [0.717, 1.165) is 17.7 Å². The second-order valence-electron chi connectivity index (χ2n) is 3.82. The summed E-state index contributed by atoms with van der Waals surface area (Å²) in [4.78, 5) is 4.08. The molecule has 2 atom stereocenters. The number of piperazine rings is 1. The topological polar surface area (TPSA) is 37.0 Å². The fourth-order valence-electron chi connectivity index (χ4n) is 1.80. The van der Waals surface area contributed by atoms with E-state index >= 15 is 0 Å². The molecule has 0 aliphatic carbocycles. The summed E-state index contributed by atoms with van der Waals surface area (Å²) in [5.41, 5.74) is 1.17. The van der Waals surface area contributed by atoms with Crippen LogP contribution < -0.4 is 10.6 Å². The number of hydrogen-bond acceptors (Lipinski definition) is 3. The molecule has 0 radical (unpaired) electrons. The number of hydrogen-bond donors (Lipinski definition) is 2. The zero-order valence-electron chi connectivity index (χ0n) is 8.43. The molecule has 82 valence electrons. The van der Waals surface area contributed by atoms with E-state index in [-0.39, 0.29) is 0 Å². The average Bonchev–Trinajstić information content (AvgIpc) is 2.16. The molecule has 0 saturated carbocycles. The molecular weight excluding hydrogens is 277 g/mol. The molecule has 1 fully saturated rings. The molecule has 1 aromatic heterocycles.